The highest BCUT2D eigenvalue weighted by Crippen LogP contribution is 2.44. The highest BCUT2D eigenvalue weighted by Gasteiger charge is 2.29. The standard InChI is InChI=1S/C26H25N3O5S/c1-35-14-13-29(15-24(30)31)25(32)22-11-6-12-23(27-22)28-26(33)34-16-21-19-9-4-2-7-17(19)18-8-3-5-10-20(18)21/h2-12,21H,13-16H2,1H3,(H,30,31)(H,27,28,33). The van der Waals surface area contributed by atoms with Crippen LogP contribution in [0.15, 0.2) is 66.7 Å². The number of hydrogen-bond acceptors (Lipinski definition) is 6. The van der Waals surface area contributed by atoms with Crippen molar-refractivity contribution in [2.45, 2.75) is 5.92 Å². The third-order valence-electron chi connectivity index (χ3n) is 5.72. The van der Waals surface area contributed by atoms with Crippen LogP contribution in [0.1, 0.15) is 27.5 Å². The minimum Gasteiger partial charge on any atom is -0.480 e. The van der Waals surface area contributed by atoms with Crippen molar-refractivity contribution >= 4 is 35.5 Å². The molecule has 0 radical (unpaired) electrons. The number of nitrogens with zero attached hydrogens (tertiary/aromatic N) is 2. The lowest BCUT2D eigenvalue weighted by Gasteiger charge is -2.20. The first-order chi connectivity index (χ1) is 17.0. The molecular weight excluding hydrogens is 466 g/mol. The van der Waals surface area contributed by atoms with Crippen molar-refractivity contribution in [2.75, 3.05) is 37.0 Å². The van der Waals surface area contributed by atoms with Crippen molar-refractivity contribution in [3.63, 3.8) is 0 Å². The molecule has 0 fully saturated rings. The molecule has 2 amide bonds. The Balaban J connectivity index is 1.42. The second kappa shape index (κ2) is 11.1. The number of aromatic nitrogens is 1. The summed E-state index contributed by atoms with van der Waals surface area (Å²) in [5.41, 5.74) is 4.53. The van der Waals surface area contributed by atoms with Crippen molar-refractivity contribution in [3.05, 3.63) is 83.6 Å². The van der Waals surface area contributed by atoms with E-state index in [9.17, 15) is 14.4 Å². The molecule has 35 heavy (non-hydrogen) atoms. The van der Waals surface area contributed by atoms with E-state index in [1.165, 1.54) is 22.7 Å². The van der Waals surface area contributed by atoms with Gasteiger partial charge in [-0.3, -0.25) is 14.9 Å². The molecule has 8 nitrogen and oxygen atoms in total. The number of carbonyl (C=O) groups excluding carboxylic acids is 2. The van der Waals surface area contributed by atoms with Crippen LogP contribution in [0.2, 0.25) is 0 Å². The number of thioether (sulfide) groups is 1. The van der Waals surface area contributed by atoms with Crippen LogP contribution in [-0.4, -0.2) is 64.7 Å². The van der Waals surface area contributed by atoms with Gasteiger partial charge in [-0.1, -0.05) is 54.6 Å². The minimum absolute atomic E-state index is 0.0452. The van der Waals surface area contributed by atoms with Gasteiger partial charge in [-0.25, -0.2) is 9.78 Å². The van der Waals surface area contributed by atoms with Crippen LogP contribution in [0.4, 0.5) is 10.6 Å². The van der Waals surface area contributed by atoms with Crippen LogP contribution in [0, 0.1) is 0 Å². The SMILES string of the molecule is CSCCN(CC(=O)O)C(=O)c1cccc(NC(=O)OCC2c3ccccc3-c3ccccc32)n1. The maximum Gasteiger partial charge on any atom is 0.412 e. The molecule has 9 heteroatoms. The third-order valence-corrected chi connectivity index (χ3v) is 6.31. The molecule has 0 aliphatic heterocycles. The summed E-state index contributed by atoms with van der Waals surface area (Å²) in [5, 5.41) is 11.7. The highest BCUT2D eigenvalue weighted by atomic mass is 32.2. The van der Waals surface area contributed by atoms with Crippen LogP contribution in [0.25, 0.3) is 11.1 Å². The van der Waals surface area contributed by atoms with Gasteiger partial charge in [0.05, 0.1) is 0 Å². The molecule has 180 valence electrons. The van der Waals surface area contributed by atoms with E-state index in [-0.39, 0.29) is 30.6 Å². The number of amides is 2. The Kier molecular flexibility index (Phi) is 7.67. The molecule has 0 saturated carbocycles. The summed E-state index contributed by atoms with van der Waals surface area (Å²) in [6.45, 7) is 0.00266. The summed E-state index contributed by atoms with van der Waals surface area (Å²) in [6, 6.07) is 20.7. The average molecular weight is 492 g/mol. The van der Waals surface area contributed by atoms with E-state index in [0.29, 0.717) is 5.75 Å². The van der Waals surface area contributed by atoms with Gasteiger partial charge in [0.15, 0.2) is 0 Å². The van der Waals surface area contributed by atoms with Crippen LogP contribution >= 0.6 is 11.8 Å². The van der Waals surface area contributed by atoms with Gasteiger partial charge in [0, 0.05) is 18.2 Å². The van der Waals surface area contributed by atoms with Gasteiger partial charge in [0.1, 0.15) is 24.7 Å². The molecule has 0 saturated heterocycles. The molecule has 2 N–H and O–H groups in total. The molecule has 1 heterocycles. The summed E-state index contributed by atoms with van der Waals surface area (Å²) in [6.07, 6.45) is 1.19. The van der Waals surface area contributed by atoms with E-state index < -0.39 is 24.5 Å². The second-order valence-electron chi connectivity index (χ2n) is 7.97. The van der Waals surface area contributed by atoms with Gasteiger partial charge >= 0.3 is 12.1 Å². The zero-order valence-corrected chi connectivity index (χ0v) is 20.0. The number of carboxylic acids is 1. The number of pyridine rings is 1. The monoisotopic (exact) mass is 491 g/mol. The summed E-state index contributed by atoms with van der Waals surface area (Å²) < 4.78 is 5.53. The predicted molar refractivity (Wildman–Crippen MR) is 135 cm³/mol. The average Bonchev–Trinajstić information content (AvgIpc) is 3.18. The van der Waals surface area contributed by atoms with E-state index >= 15 is 0 Å². The number of rotatable bonds is 9. The molecule has 0 unspecified atom stereocenters. The number of carboxylic acid groups (broad SMARTS) is 1. The number of nitrogens with one attached hydrogen (secondary N) is 1. The van der Waals surface area contributed by atoms with Gasteiger partial charge < -0.3 is 14.7 Å². The van der Waals surface area contributed by atoms with E-state index in [1.807, 2.05) is 42.7 Å². The largest absolute Gasteiger partial charge is 0.480 e. The first-order valence-electron chi connectivity index (χ1n) is 11.1. The Morgan fingerprint density at radius 1 is 1.00 bits per heavy atom. The fourth-order valence-corrected chi connectivity index (χ4v) is 4.54. The molecule has 0 spiro atoms. The van der Waals surface area contributed by atoms with Gasteiger partial charge in [-0.2, -0.15) is 11.8 Å². The van der Waals surface area contributed by atoms with Crippen LogP contribution in [0.3, 0.4) is 0 Å². The van der Waals surface area contributed by atoms with Crippen molar-refractivity contribution < 1.29 is 24.2 Å². The van der Waals surface area contributed by atoms with E-state index in [2.05, 4.69) is 22.4 Å². The lowest BCUT2D eigenvalue weighted by atomic mass is 9.98. The predicted octanol–water partition coefficient (Wildman–Crippen LogP) is 4.33. The third kappa shape index (κ3) is 5.63. The number of carbonyl (C=O) groups is 3. The first kappa shape index (κ1) is 24.3. The molecular formula is C26H25N3O5S. The molecule has 1 aromatic heterocycles. The number of aliphatic carboxylic acids is 1. The fourth-order valence-electron chi connectivity index (χ4n) is 4.14. The number of fused-ring (bicyclic) bond motifs is 3. The summed E-state index contributed by atoms with van der Waals surface area (Å²) in [4.78, 5) is 41.9. The fraction of sp³-hybridized carbons (Fsp3) is 0.231. The Labute approximate surface area is 207 Å². The highest BCUT2D eigenvalue weighted by molar-refractivity contribution is 7.98. The number of benzene rings is 2. The van der Waals surface area contributed by atoms with Crippen LogP contribution in [0.5, 0.6) is 0 Å². The molecule has 3 aromatic rings. The minimum atomic E-state index is -1.10. The Morgan fingerprint density at radius 2 is 1.66 bits per heavy atom. The van der Waals surface area contributed by atoms with E-state index in [0.717, 1.165) is 22.3 Å². The van der Waals surface area contributed by atoms with Gasteiger partial charge in [-0.15, -0.1) is 0 Å². The second-order valence-corrected chi connectivity index (χ2v) is 8.96. The maximum absolute atomic E-state index is 12.8. The van der Waals surface area contributed by atoms with E-state index in [1.54, 1.807) is 12.1 Å². The first-order valence-corrected chi connectivity index (χ1v) is 12.5. The lowest BCUT2D eigenvalue weighted by Crippen LogP contribution is -2.37. The van der Waals surface area contributed by atoms with Crippen LogP contribution < -0.4 is 5.32 Å². The number of hydrogen-bond donors (Lipinski definition) is 2. The van der Waals surface area contributed by atoms with E-state index in [4.69, 9.17) is 9.84 Å². The molecule has 1 aliphatic carbocycles. The van der Waals surface area contributed by atoms with Gasteiger partial charge in [0.2, 0.25) is 0 Å². The smallest absolute Gasteiger partial charge is 0.412 e. The Hall–Kier alpha value is -3.85. The van der Waals surface area contributed by atoms with Gasteiger partial charge in [-0.05, 0) is 40.6 Å². The van der Waals surface area contributed by atoms with Gasteiger partial charge in [0.25, 0.3) is 5.91 Å². The summed E-state index contributed by atoms with van der Waals surface area (Å²) in [7, 11) is 0. The van der Waals surface area contributed by atoms with Crippen molar-refractivity contribution in [1.29, 1.82) is 0 Å². The summed E-state index contributed by atoms with van der Waals surface area (Å²) >= 11 is 1.51. The normalized spacial score (nSPS) is 11.9. The Morgan fingerprint density at radius 3 is 2.29 bits per heavy atom. The molecule has 0 atom stereocenters. The lowest BCUT2D eigenvalue weighted by molar-refractivity contribution is -0.137. The van der Waals surface area contributed by atoms with Crippen molar-refractivity contribution in [2.24, 2.45) is 0 Å². The topological polar surface area (TPSA) is 109 Å². The molecule has 4 rings (SSSR count). The Bertz CT molecular complexity index is 1200. The zero-order chi connectivity index (χ0) is 24.8. The van der Waals surface area contributed by atoms with Crippen LogP contribution in [-0.2, 0) is 9.53 Å². The number of anilines is 1. The maximum atomic E-state index is 12.8. The molecule has 1 aliphatic rings. The zero-order valence-electron chi connectivity index (χ0n) is 19.1. The van der Waals surface area contributed by atoms with Crippen molar-refractivity contribution in [3.8, 4) is 11.1 Å². The van der Waals surface area contributed by atoms with Crippen molar-refractivity contribution in [1.82, 2.24) is 9.88 Å². The quantitative estimate of drug-likeness (QED) is 0.458. The number of ether oxygens (including phenoxy) is 1. The molecule has 2 aromatic carbocycles. The summed E-state index contributed by atoms with van der Waals surface area (Å²) in [5.74, 6) is -0.954. The molecule has 0 bridgehead atoms.